The number of ether oxygens (including phenoxy) is 2. The van der Waals surface area contributed by atoms with Gasteiger partial charge in [-0.1, -0.05) is 58.8 Å². The highest BCUT2D eigenvalue weighted by molar-refractivity contribution is 5.82. The number of unbranched alkanes of at least 4 members (excludes halogenated alkanes) is 7. The molecule has 0 aromatic heterocycles. The second-order valence-electron chi connectivity index (χ2n) is 6.61. The van der Waals surface area contributed by atoms with Crippen molar-refractivity contribution >= 4 is 12.1 Å². The minimum Gasteiger partial charge on any atom is -0.464 e. The smallest absolute Gasteiger partial charge is 0.410 e. The second-order valence-corrected chi connectivity index (χ2v) is 6.61. The molecular weight excluding hydrogens is 306 g/mol. The Balaban J connectivity index is 2.17. The number of likely N-dealkylation sites (tertiary alicyclic amines) is 1. The fourth-order valence-electron chi connectivity index (χ4n) is 2.95. The van der Waals surface area contributed by atoms with Gasteiger partial charge in [0.25, 0.3) is 0 Å². The fraction of sp³-hybridized carbons (Fsp3) is 0.895. The zero-order chi connectivity index (χ0) is 17.6. The van der Waals surface area contributed by atoms with E-state index in [2.05, 4.69) is 6.92 Å². The minimum absolute atomic E-state index is 0.272. The summed E-state index contributed by atoms with van der Waals surface area (Å²) >= 11 is 0. The molecule has 5 heteroatoms. The summed E-state index contributed by atoms with van der Waals surface area (Å²) in [6, 6.07) is -0.455. The van der Waals surface area contributed by atoms with Gasteiger partial charge in [-0.05, 0) is 25.7 Å². The highest BCUT2D eigenvalue weighted by Gasteiger charge is 2.36. The van der Waals surface area contributed by atoms with E-state index in [0.29, 0.717) is 26.2 Å². The van der Waals surface area contributed by atoms with Gasteiger partial charge in [-0.25, -0.2) is 9.59 Å². The van der Waals surface area contributed by atoms with E-state index in [9.17, 15) is 9.59 Å². The summed E-state index contributed by atoms with van der Waals surface area (Å²) < 4.78 is 10.6. The molecule has 0 unspecified atom stereocenters. The quantitative estimate of drug-likeness (QED) is 0.382. The van der Waals surface area contributed by atoms with Crippen LogP contribution in [0.1, 0.15) is 84.5 Å². The Morgan fingerprint density at radius 2 is 1.50 bits per heavy atom. The van der Waals surface area contributed by atoms with Gasteiger partial charge in [0.05, 0.1) is 13.2 Å². The minimum atomic E-state index is -0.455. The van der Waals surface area contributed by atoms with Crippen molar-refractivity contribution in [2.75, 3.05) is 19.8 Å². The Bertz CT molecular complexity index is 359. The van der Waals surface area contributed by atoms with Gasteiger partial charge in [-0.2, -0.15) is 0 Å². The van der Waals surface area contributed by atoms with Crippen LogP contribution in [0, 0.1) is 0 Å². The maximum atomic E-state index is 12.2. The van der Waals surface area contributed by atoms with E-state index in [1.165, 1.54) is 37.0 Å². The van der Waals surface area contributed by atoms with Crippen LogP contribution >= 0.6 is 0 Å². The van der Waals surface area contributed by atoms with Gasteiger partial charge in [-0.15, -0.1) is 0 Å². The monoisotopic (exact) mass is 341 g/mol. The number of amides is 1. The average molecular weight is 341 g/mol. The van der Waals surface area contributed by atoms with Crippen LogP contribution in [-0.4, -0.2) is 42.8 Å². The molecule has 1 fully saturated rings. The van der Waals surface area contributed by atoms with Gasteiger partial charge in [0.15, 0.2) is 0 Å². The summed E-state index contributed by atoms with van der Waals surface area (Å²) in [7, 11) is 0. The first kappa shape index (κ1) is 20.8. The zero-order valence-corrected chi connectivity index (χ0v) is 15.6. The lowest BCUT2D eigenvalue weighted by Gasteiger charge is -2.22. The predicted octanol–water partition coefficient (Wildman–Crippen LogP) is 4.68. The van der Waals surface area contributed by atoms with Crippen molar-refractivity contribution in [3.63, 3.8) is 0 Å². The number of hydrogen-bond acceptors (Lipinski definition) is 4. The van der Waals surface area contributed by atoms with Crippen LogP contribution in [-0.2, 0) is 14.3 Å². The molecule has 0 aromatic carbocycles. The van der Waals surface area contributed by atoms with E-state index in [4.69, 9.17) is 9.47 Å². The third-order valence-corrected chi connectivity index (χ3v) is 4.48. The Morgan fingerprint density at radius 1 is 0.875 bits per heavy atom. The summed E-state index contributed by atoms with van der Waals surface area (Å²) in [5.74, 6) is -0.272. The van der Waals surface area contributed by atoms with E-state index in [-0.39, 0.29) is 12.1 Å². The Kier molecular flexibility index (Phi) is 11.3. The third-order valence-electron chi connectivity index (χ3n) is 4.48. The Hall–Kier alpha value is -1.26. The van der Waals surface area contributed by atoms with Crippen LogP contribution in [0.2, 0.25) is 0 Å². The summed E-state index contributed by atoms with van der Waals surface area (Å²) in [6.07, 6.45) is 11.3. The van der Waals surface area contributed by atoms with Crippen LogP contribution < -0.4 is 0 Å². The van der Waals surface area contributed by atoms with Crippen molar-refractivity contribution in [1.82, 2.24) is 4.90 Å². The number of rotatable bonds is 12. The summed E-state index contributed by atoms with van der Waals surface area (Å²) in [5, 5.41) is 0. The van der Waals surface area contributed by atoms with Crippen molar-refractivity contribution in [3.8, 4) is 0 Å². The standard InChI is InChI=1S/C19H35NO4/c1-3-5-7-8-9-10-11-16-23-18(21)17-13-12-14-20(17)19(22)24-15-6-4-2/h17H,3-16H2,1-2H3/t17-/m0/s1. The van der Waals surface area contributed by atoms with Crippen molar-refractivity contribution < 1.29 is 19.1 Å². The molecule has 1 atom stereocenters. The number of carbonyl (C=O) groups is 2. The second kappa shape index (κ2) is 13.1. The molecule has 1 aliphatic rings. The van der Waals surface area contributed by atoms with Crippen molar-refractivity contribution in [2.45, 2.75) is 90.5 Å². The molecule has 0 spiro atoms. The lowest BCUT2D eigenvalue weighted by atomic mass is 10.1. The van der Waals surface area contributed by atoms with E-state index >= 15 is 0 Å². The Labute approximate surface area is 147 Å². The predicted molar refractivity (Wildman–Crippen MR) is 94.9 cm³/mol. The van der Waals surface area contributed by atoms with Crippen LogP contribution in [0.5, 0.6) is 0 Å². The molecule has 0 aliphatic carbocycles. The largest absolute Gasteiger partial charge is 0.464 e. The molecule has 1 aliphatic heterocycles. The number of nitrogens with zero attached hydrogens (tertiary/aromatic N) is 1. The summed E-state index contributed by atoms with van der Waals surface area (Å²) in [5.41, 5.74) is 0. The first-order valence-corrected chi connectivity index (χ1v) is 9.80. The summed E-state index contributed by atoms with van der Waals surface area (Å²) in [6.45, 7) is 5.73. The van der Waals surface area contributed by atoms with Gasteiger partial charge in [0.1, 0.15) is 6.04 Å². The maximum Gasteiger partial charge on any atom is 0.410 e. The van der Waals surface area contributed by atoms with E-state index < -0.39 is 6.04 Å². The molecule has 24 heavy (non-hydrogen) atoms. The molecule has 1 amide bonds. The van der Waals surface area contributed by atoms with Crippen LogP contribution in [0.3, 0.4) is 0 Å². The van der Waals surface area contributed by atoms with Crippen LogP contribution in [0.15, 0.2) is 0 Å². The molecule has 0 N–H and O–H groups in total. The SMILES string of the molecule is CCCCCCCCCOC(=O)[C@@H]1CCCN1C(=O)OCCCC. The molecule has 0 bridgehead atoms. The van der Waals surface area contributed by atoms with E-state index in [1.807, 2.05) is 6.92 Å². The zero-order valence-electron chi connectivity index (χ0n) is 15.6. The van der Waals surface area contributed by atoms with Crippen LogP contribution in [0.4, 0.5) is 4.79 Å². The van der Waals surface area contributed by atoms with Gasteiger partial charge in [0, 0.05) is 6.54 Å². The highest BCUT2D eigenvalue weighted by atomic mass is 16.6. The average Bonchev–Trinajstić information content (AvgIpc) is 3.07. The molecule has 1 saturated heterocycles. The number of hydrogen-bond donors (Lipinski definition) is 0. The Morgan fingerprint density at radius 3 is 2.21 bits per heavy atom. The molecule has 5 nitrogen and oxygen atoms in total. The van der Waals surface area contributed by atoms with Gasteiger partial charge in [0.2, 0.25) is 0 Å². The fourth-order valence-corrected chi connectivity index (χ4v) is 2.95. The van der Waals surface area contributed by atoms with Crippen molar-refractivity contribution in [1.29, 1.82) is 0 Å². The van der Waals surface area contributed by atoms with Gasteiger partial charge < -0.3 is 9.47 Å². The lowest BCUT2D eigenvalue weighted by molar-refractivity contribution is -0.148. The van der Waals surface area contributed by atoms with E-state index in [0.717, 1.165) is 32.1 Å². The normalized spacial score (nSPS) is 17.1. The first-order chi connectivity index (χ1) is 11.7. The van der Waals surface area contributed by atoms with Crippen LogP contribution in [0.25, 0.3) is 0 Å². The lowest BCUT2D eigenvalue weighted by Crippen LogP contribution is -2.41. The third kappa shape index (κ3) is 8.02. The molecule has 0 saturated carbocycles. The topological polar surface area (TPSA) is 55.8 Å². The molecule has 0 radical (unpaired) electrons. The van der Waals surface area contributed by atoms with Gasteiger partial charge >= 0.3 is 12.1 Å². The molecule has 1 heterocycles. The molecule has 140 valence electrons. The van der Waals surface area contributed by atoms with Gasteiger partial charge in [-0.3, -0.25) is 4.90 Å². The highest BCUT2D eigenvalue weighted by Crippen LogP contribution is 2.20. The van der Waals surface area contributed by atoms with Crippen molar-refractivity contribution in [2.24, 2.45) is 0 Å². The number of carbonyl (C=O) groups excluding carboxylic acids is 2. The summed E-state index contributed by atoms with van der Waals surface area (Å²) in [4.78, 5) is 25.8. The number of esters is 1. The molecule has 1 rings (SSSR count). The molecular formula is C19H35NO4. The van der Waals surface area contributed by atoms with E-state index in [1.54, 1.807) is 0 Å². The van der Waals surface area contributed by atoms with Crippen molar-refractivity contribution in [3.05, 3.63) is 0 Å². The first-order valence-electron chi connectivity index (χ1n) is 9.80. The molecule has 0 aromatic rings. The maximum absolute atomic E-state index is 12.2.